The maximum Gasteiger partial charge on any atom is 0.337 e. The predicted octanol–water partition coefficient (Wildman–Crippen LogP) is 0.976. The summed E-state index contributed by atoms with van der Waals surface area (Å²) in [7, 11) is -2.57. The highest BCUT2D eigenvalue weighted by Crippen LogP contribution is 2.19. The van der Waals surface area contributed by atoms with E-state index in [-0.39, 0.29) is 17.0 Å². The minimum absolute atomic E-state index is 0.0116. The van der Waals surface area contributed by atoms with Crippen molar-refractivity contribution >= 4 is 11.7 Å². The molecular weight excluding hydrogens is 158 g/mol. The Bertz CT molecular complexity index is 389. The normalized spacial score (nSPS) is 14.2. The SMILES string of the molecule is [2H]C([2H])([2H])Oc1ccc(C(=O)O)c(N)c1. The van der Waals surface area contributed by atoms with E-state index in [1.807, 2.05) is 0 Å². The van der Waals surface area contributed by atoms with Gasteiger partial charge in [-0.15, -0.1) is 0 Å². The van der Waals surface area contributed by atoms with E-state index >= 15 is 0 Å². The third-order valence-electron chi connectivity index (χ3n) is 1.37. The maximum atomic E-state index is 10.6. The molecule has 0 heterocycles. The Balaban J connectivity index is 2.97. The van der Waals surface area contributed by atoms with Crippen LogP contribution in [-0.2, 0) is 0 Å². The molecule has 64 valence electrons. The van der Waals surface area contributed by atoms with Gasteiger partial charge in [0.15, 0.2) is 0 Å². The first-order valence-electron chi connectivity index (χ1n) is 4.61. The topological polar surface area (TPSA) is 72.5 Å². The molecule has 0 spiro atoms. The second kappa shape index (κ2) is 3.13. The van der Waals surface area contributed by atoms with E-state index in [0.29, 0.717) is 0 Å². The van der Waals surface area contributed by atoms with Crippen LogP contribution in [-0.4, -0.2) is 18.1 Å². The molecule has 0 saturated carbocycles. The summed E-state index contributed by atoms with van der Waals surface area (Å²) in [4.78, 5) is 10.6. The summed E-state index contributed by atoms with van der Waals surface area (Å²) in [5, 5.41) is 8.66. The van der Waals surface area contributed by atoms with Gasteiger partial charge in [0.05, 0.1) is 16.7 Å². The molecule has 0 saturated heterocycles. The van der Waals surface area contributed by atoms with Crippen molar-refractivity contribution in [3.63, 3.8) is 0 Å². The van der Waals surface area contributed by atoms with Crippen molar-refractivity contribution in [2.75, 3.05) is 12.8 Å². The molecule has 0 unspecified atom stereocenters. The van der Waals surface area contributed by atoms with Gasteiger partial charge in [-0.25, -0.2) is 4.79 Å². The first-order chi connectivity index (χ1) is 6.79. The number of benzene rings is 1. The summed E-state index contributed by atoms with van der Waals surface area (Å²) < 4.78 is 25.0. The third-order valence-corrected chi connectivity index (χ3v) is 1.37. The Morgan fingerprint density at radius 2 is 2.50 bits per heavy atom. The van der Waals surface area contributed by atoms with Crippen LogP contribution in [0.25, 0.3) is 0 Å². The molecule has 4 nitrogen and oxygen atoms in total. The Morgan fingerprint density at radius 1 is 1.75 bits per heavy atom. The van der Waals surface area contributed by atoms with Crippen LogP contribution in [0, 0.1) is 0 Å². The van der Waals surface area contributed by atoms with Gasteiger partial charge in [0, 0.05) is 11.8 Å². The number of rotatable bonds is 2. The van der Waals surface area contributed by atoms with Crippen molar-refractivity contribution in [3.8, 4) is 5.75 Å². The van der Waals surface area contributed by atoms with Crippen LogP contribution in [0.5, 0.6) is 5.75 Å². The number of nitrogens with two attached hydrogens (primary N) is 1. The zero-order valence-electron chi connectivity index (χ0n) is 9.07. The monoisotopic (exact) mass is 170 g/mol. The lowest BCUT2D eigenvalue weighted by atomic mass is 10.2. The lowest BCUT2D eigenvalue weighted by Gasteiger charge is -2.03. The summed E-state index contributed by atoms with van der Waals surface area (Å²) in [6, 6.07) is 3.60. The second-order valence-corrected chi connectivity index (χ2v) is 2.16. The van der Waals surface area contributed by atoms with Gasteiger partial charge in [0.2, 0.25) is 0 Å². The minimum Gasteiger partial charge on any atom is -0.497 e. The van der Waals surface area contributed by atoms with Crippen molar-refractivity contribution < 1.29 is 18.8 Å². The summed E-state index contributed by atoms with van der Waals surface area (Å²) in [5.74, 6) is -1.16. The number of ether oxygens (including phenoxy) is 1. The number of hydrogen-bond acceptors (Lipinski definition) is 3. The number of methoxy groups -OCH3 is 1. The minimum atomic E-state index is -2.57. The summed E-state index contributed by atoms with van der Waals surface area (Å²) in [5.41, 5.74) is 5.27. The van der Waals surface area contributed by atoms with Crippen LogP contribution < -0.4 is 10.5 Å². The molecule has 0 aliphatic heterocycles. The van der Waals surface area contributed by atoms with Crippen LogP contribution in [0.4, 0.5) is 5.69 Å². The van der Waals surface area contributed by atoms with Crippen molar-refractivity contribution in [1.29, 1.82) is 0 Å². The number of hydrogen-bond donors (Lipinski definition) is 2. The Kier molecular flexibility index (Phi) is 1.31. The van der Waals surface area contributed by atoms with Gasteiger partial charge in [-0.1, -0.05) is 0 Å². The number of carbonyl (C=O) groups is 1. The van der Waals surface area contributed by atoms with Crippen LogP contribution in [0.3, 0.4) is 0 Å². The van der Waals surface area contributed by atoms with E-state index in [1.54, 1.807) is 0 Å². The van der Waals surface area contributed by atoms with Crippen LogP contribution in [0.2, 0.25) is 0 Å². The van der Waals surface area contributed by atoms with Crippen LogP contribution >= 0.6 is 0 Å². The highest BCUT2D eigenvalue weighted by Gasteiger charge is 2.07. The van der Waals surface area contributed by atoms with E-state index in [4.69, 9.17) is 15.0 Å². The standard InChI is InChI=1S/C8H9NO3/c1-12-5-2-3-6(8(10)11)7(9)4-5/h2-4H,9H2,1H3,(H,10,11)/i1D3. The summed E-state index contributed by atoms with van der Waals surface area (Å²) in [6.45, 7) is 0. The largest absolute Gasteiger partial charge is 0.497 e. The fraction of sp³-hybridized carbons (Fsp3) is 0.125. The van der Waals surface area contributed by atoms with E-state index in [1.165, 1.54) is 12.1 Å². The first-order valence-corrected chi connectivity index (χ1v) is 3.11. The molecule has 1 aromatic rings. The molecular formula is C8H9NO3. The zero-order valence-corrected chi connectivity index (χ0v) is 6.07. The van der Waals surface area contributed by atoms with Crippen molar-refractivity contribution in [3.05, 3.63) is 23.8 Å². The number of nitrogen functional groups attached to an aromatic ring is 1. The van der Waals surface area contributed by atoms with E-state index in [0.717, 1.165) is 6.07 Å². The average Bonchev–Trinajstić information content (AvgIpc) is 1.99. The molecule has 12 heavy (non-hydrogen) atoms. The smallest absolute Gasteiger partial charge is 0.337 e. The quantitative estimate of drug-likeness (QED) is 0.649. The molecule has 1 rings (SSSR count). The highest BCUT2D eigenvalue weighted by molar-refractivity contribution is 5.93. The van der Waals surface area contributed by atoms with E-state index in [2.05, 4.69) is 4.74 Å². The molecule has 0 aromatic heterocycles. The maximum absolute atomic E-state index is 10.6. The molecule has 0 atom stereocenters. The van der Waals surface area contributed by atoms with Crippen molar-refractivity contribution in [2.24, 2.45) is 0 Å². The Hall–Kier alpha value is -1.71. The lowest BCUT2D eigenvalue weighted by Crippen LogP contribution is -2.02. The summed E-state index contributed by atoms with van der Waals surface area (Å²) in [6.07, 6.45) is 0. The average molecular weight is 170 g/mol. The summed E-state index contributed by atoms with van der Waals surface area (Å²) >= 11 is 0. The van der Waals surface area contributed by atoms with Gasteiger partial charge in [0.25, 0.3) is 0 Å². The fourth-order valence-corrected chi connectivity index (χ4v) is 0.799. The van der Waals surface area contributed by atoms with Gasteiger partial charge in [-0.3, -0.25) is 0 Å². The molecule has 0 aliphatic rings. The molecule has 0 aliphatic carbocycles. The van der Waals surface area contributed by atoms with Gasteiger partial charge in [-0.05, 0) is 12.1 Å². The van der Waals surface area contributed by atoms with E-state index in [9.17, 15) is 4.79 Å². The first kappa shape index (κ1) is 5.03. The Labute approximate surface area is 73.8 Å². The number of carboxylic acids is 1. The van der Waals surface area contributed by atoms with Crippen molar-refractivity contribution in [2.45, 2.75) is 0 Å². The molecule has 0 fully saturated rings. The number of anilines is 1. The molecule has 0 amide bonds. The molecule has 1 aromatic carbocycles. The van der Waals surface area contributed by atoms with Crippen LogP contribution in [0.15, 0.2) is 18.2 Å². The van der Waals surface area contributed by atoms with Gasteiger partial charge < -0.3 is 15.6 Å². The highest BCUT2D eigenvalue weighted by atomic mass is 16.5. The molecule has 3 N–H and O–H groups in total. The van der Waals surface area contributed by atoms with Gasteiger partial charge in [-0.2, -0.15) is 0 Å². The van der Waals surface area contributed by atoms with Gasteiger partial charge in [0.1, 0.15) is 5.75 Å². The van der Waals surface area contributed by atoms with Gasteiger partial charge >= 0.3 is 5.97 Å². The van der Waals surface area contributed by atoms with Crippen LogP contribution in [0.1, 0.15) is 14.5 Å². The fourth-order valence-electron chi connectivity index (χ4n) is 0.799. The second-order valence-electron chi connectivity index (χ2n) is 2.16. The number of carboxylic acid groups (broad SMARTS) is 1. The molecule has 0 radical (unpaired) electrons. The third kappa shape index (κ3) is 1.47. The molecule has 0 bridgehead atoms. The Morgan fingerprint density at radius 3 is 3.00 bits per heavy atom. The van der Waals surface area contributed by atoms with E-state index < -0.39 is 13.0 Å². The van der Waals surface area contributed by atoms with Crippen molar-refractivity contribution in [1.82, 2.24) is 0 Å². The lowest BCUT2D eigenvalue weighted by molar-refractivity contribution is 0.0698. The number of aromatic carboxylic acids is 1. The zero-order chi connectivity index (χ0) is 11.6. The predicted molar refractivity (Wildman–Crippen MR) is 44.4 cm³/mol. The molecule has 4 heteroatoms.